The molecule has 1 aromatic carbocycles. The molecule has 1 atom stereocenters. The summed E-state index contributed by atoms with van der Waals surface area (Å²) >= 11 is 0. The lowest BCUT2D eigenvalue weighted by Crippen LogP contribution is -2.54. The summed E-state index contributed by atoms with van der Waals surface area (Å²) in [5, 5.41) is 18.6. The second-order valence-corrected chi connectivity index (χ2v) is 5.60. The van der Waals surface area contributed by atoms with Crippen molar-refractivity contribution in [2.24, 2.45) is 0 Å². The van der Waals surface area contributed by atoms with Gasteiger partial charge in [-0.2, -0.15) is 5.26 Å². The van der Waals surface area contributed by atoms with E-state index in [2.05, 4.69) is 6.07 Å². The molecule has 21 heavy (non-hydrogen) atoms. The van der Waals surface area contributed by atoms with E-state index in [0.29, 0.717) is 24.3 Å². The van der Waals surface area contributed by atoms with Crippen LogP contribution in [0.3, 0.4) is 0 Å². The van der Waals surface area contributed by atoms with Crippen LogP contribution in [0, 0.1) is 11.3 Å². The zero-order valence-corrected chi connectivity index (χ0v) is 12.4. The van der Waals surface area contributed by atoms with E-state index in [9.17, 15) is 9.90 Å². The topological polar surface area (TPSA) is 73.6 Å². The maximum absolute atomic E-state index is 11.6. The van der Waals surface area contributed by atoms with Crippen molar-refractivity contribution in [2.45, 2.75) is 38.3 Å². The van der Waals surface area contributed by atoms with Crippen LogP contribution >= 0.6 is 0 Å². The molecule has 1 fully saturated rings. The van der Waals surface area contributed by atoms with Crippen LogP contribution in [0.5, 0.6) is 5.75 Å². The summed E-state index contributed by atoms with van der Waals surface area (Å²) in [6.07, 6.45) is 2.56. The summed E-state index contributed by atoms with van der Waals surface area (Å²) in [4.78, 5) is 13.6. The fraction of sp³-hybridized carbons (Fsp3) is 0.500. The highest BCUT2D eigenvalue weighted by atomic mass is 16.5. The molecule has 5 nitrogen and oxygen atoms in total. The molecule has 0 radical (unpaired) electrons. The van der Waals surface area contributed by atoms with Gasteiger partial charge in [-0.05, 0) is 50.9 Å². The molecule has 0 aromatic heterocycles. The largest absolute Gasteiger partial charge is 0.496 e. The number of aliphatic carboxylic acids is 1. The highest BCUT2D eigenvalue weighted by Crippen LogP contribution is 2.32. The monoisotopic (exact) mass is 288 g/mol. The van der Waals surface area contributed by atoms with Crippen molar-refractivity contribution in [3.63, 3.8) is 0 Å². The van der Waals surface area contributed by atoms with Gasteiger partial charge >= 0.3 is 5.97 Å². The van der Waals surface area contributed by atoms with Gasteiger partial charge in [-0.1, -0.05) is 0 Å². The van der Waals surface area contributed by atoms with Crippen molar-refractivity contribution < 1.29 is 14.6 Å². The number of ether oxygens (including phenoxy) is 1. The smallest absolute Gasteiger partial charge is 0.323 e. The molecule has 0 saturated carbocycles. The molecule has 0 spiro atoms. The Morgan fingerprint density at radius 3 is 2.90 bits per heavy atom. The predicted molar refractivity (Wildman–Crippen MR) is 78.0 cm³/mol. The molecule has 0 bridgehead atoms. The Morgan fingerprint density at radius 1 is 1.52 bits per heavy atom. The van der Waals surface area contributed by atoms with Crippen molar-refractivity contribution in [3.8, 4) is 11.8 Å². The second kappa shape index (κ2) is 6.15. The van der Waals surface area contributed by atoms with E-state index in [1.807, 2.05) is 4.90 Å². The number of likely N-dealkylation sites (tertiary alicyclic amines) is 1. The van der Waals surface area contributed by atoms with Gasteiger partial charge in [-0.3, -0.25) is 9.69 Å². The van der Waals surface area contributed by atoms with Gasteiger partial charge in [0.15, 0.2) is 0 Å². The van der Waals surface area contributed by atoms with Crippen molar-refractivity contribution >= 4 is 5.97 Å². The number of benzene rings is 1. The SMILES string of the molecule is COc1ccc(C#N)cc1CN1CCCCC1(C)C(=O)O. The fourth-order valence-electron chi connectivity index (χ4n) is 2.85. The second-order valence-electron chi connectivity index (χ2n) is 5.60. The molecule has 0 aliphatic carbocycles. The number of nitriles is 1. The number of carbonyl (C=O) groups is 1. The van der Waals surface area contributed by atoms with Crippen LogP contribution in [-0.2, 0) is 11.3 Å². The fourth-order valence-corrected chi connectivity index (χ4v) is 2.85. The van der Waals surface area contributed by atoms with E-state index in [0.717, 1.165) is 24.9 Å². The normalized spacial score (nSPS) is 22.5. The van der Waals surface area contributed by atoms with Crippen molar-refractivity contribution in [1.82, 2.24) is 4.90 Å². The van der Waals surface area contributed by atoms with E-state index in [-0.39, 0.29) is 0 Å². The molecule has 1 aromatic rings. The third kappa shape index (κ3) is 3.01. The Hall–Kier alpha value is -2.06. The number of methoxy groups -OCH3 is 1. The van der Waals surface area contributed by atoms with Gasteiger partial charge in [0.1, 0.15) is 11.3 Å². The minimum atomic E-state index is -0.855. The Bertz CT molecular complexity index is 579. The standard InChI is InChI=1S/C16H20N2O3/c1-16(15(19)20)7-3-4-8-18(16)11-13-9-12(10-17)5-6-14(13)21-2/h5-6,9H,3-4,7-8,11H2,1-2H3,(H,19,20). The third-order valence-corrected chi connectivity index (χ3v) is 4.27. The number of nitrogens with zero attached hydrogens (tertiary/aromatic N) is 2. The van der Waals surface area contributed by atoms with Gasteiger partial charge in [0.25, 0.3) is 0 Å². The van der Waals surface area contributed by atoms with Gasteiger partial charge in [0.2, 0.25) is 0 Å². The summed E-state index contributed by atoms with van der Waals surface area (Å²) in [5.41, 5.74) is 0.553. The van der Waals surface area contributed by atoms with E-state index >= 15 is 0 Å². The Kier molecular flexibility index (Phi) is 4.49. The maximum Gasteiger partial charge on any atom is 0.323 e. The zero-order chi connectivity index (χ0) is 15.5. The number of hydrogen-bond acceptors (Lipinski definition) is 4. The lowest BCUT2D eigenvalue weighted by molar-refractivity contribution is -0.153. The molecular formula is C16H20N2O3. The van der Waals surface area contributed by atoms with Crippen LogP contribution in [-0.4, -0.2) is 35.2 Å². The van der Waals surface area contributed by atoms with Crippen LogP contribution in [0.2, 0.25) is 0 Å². The molecule has 1 saturated heterocycles. The summed E-state index contributed by atoms with van der Waals surface area (Å²) in [6, 6.07) is 7.35. The van der Waals surface area contributed by atoms with Crippen LogP contribution < -0.4 is 4.74 Å². The molecule has 1 heterocycles. The first kappa shape index (κ1) is 15.3. The average molecular weight is 288 g/mol. The Morgan fingerprint density at radius 2 is 2.29 bits per heavy atom. The first-order valence-corrected chi connectivity index (χ1v) is 7.06. The van der Waals surface area contributed by atoms with Gasteiger partial charge in [0.05, 0.1) is 18.7 Å². The molecule has 1 aliphatic rings. The predicted octanol–water partition coefficient (Wildman–Crippen LogP) is 2.40. The molecular weight excluding hydrogens is 268 g/mol. The number of carboxylic acid groups (broad SMARTS) is 1. The van der Waals surface area contributed by atoms with Crippen LogP contribution in [0.25, 0.3) is 0 Å². The first-order valence-electron chi connectivity index (χ1n) is 7.06. The van der Waals surface area contributed by atoms with Crippen molar-refractivity contribution in [1.29, 1.82) is 5.26 Å². The van der Waals surface area contributed by atoms with Crippen molar-refractivity contribution in [3.05, 3.63) is 29.3 Å². The van der Waals surface area contributed by atoms with Crippen LogP contribution in [0.4, 0.5) is 0 Å². The van der Waals surface area contributed by atoms with Gasteiger partial charge in [-0.15, -0.1) is 0 Å². The summed E-state index contributed by atoms with van der Waals surface area (Å²) in [6.45, 7) is 2.99. The summed E-state index contributed by atoms with van der Waals surface area (Å²) in [7, 11) is 1.58. The molecule has 1 aliphatic heterocycles. The number of hydrogen-bond donors (Lipinski definition) is 1. The van der Waals surface area contributed by atoms with Gasteiger partial charge < -0.3 is 9.84 Å². The number of piperidine rings is 1. The van der Waals surface area contributed by atoms with Crippen LogP contribution in [0.15, 0.2) is 18.2 Å². The maximum atomic E-state index is 11.6. The minimum Gasteiger partial charge on any atom is -0.496 e. The zero-order valence-electron chi connectivity index (χ0n) is 12.4. The molecule has 112 valence electrons. The summed E-state index contributed by atoms with van der Waals surface area (Å²) < 4.78 is 5.33. The van der Waals surface area contributed by atoms with E-state index < -0.39 is 11.5 Å². The number of carboxylic acids is 1. The molecule has 5 heteroatoms. The summed E-state index contributed by atoms with van der Waals surface area (Å²) in [5.74, 6) is -0.107. The van der Waals surface area contributed by atoms with E-state index in [1.54, 1.807) is 32.2 Å². The highest BCUT2D eigenvalue weighted by Gasteiger charge is 2.41. The highest BCUT2D eigenvalue weighted by molar-refractivity contribution is 5.78. The molecule has 1 unspecified atom stereocenters. The average Bonchev–Trinajstić information content (AvgIpc) is 2.49. The quantitative estimate of drug-likeness (QED) is 0.921. The Balaban J connectivity index is 2.31. The lowest BCUT2D eigenvalue weighted by atomic mass is 9.88. The molecule has 0 amide bonds. The van der Waals surface area contributed by atoms with Gasteiger partial charge in [-0.25, -0.2) is 0 Å². The van der Waals surface area contributed by atoms with Gasteiger partial charge in [0, 0.05) is 12.1 Å². The first-order chi connectivity index (χ1) is 10.0. The number of rotatable bonds is 4. The third-order valence-electron chi connectivity index (χ3n) is 4.27. The Labute approximate surface area is 124 Å². The minimum absolute atomic E-state index is 0.474. The van der Waals surface area contributed by atoms with E-state index in [1.165, 1.54) is 0 Å². The lowest BCUT2D eigenvalue weighted by Gasteiger charge is -2.41. The molecule has 1 N–H and O–H groups in total. The van der Waals surface area contributed by atoms with Crippen LogP contribution in [0.1, 0.15) is 37.3 Å². The van der Waals surface area contributed by atoms with E-state index in [4.69, 9.17) is 10.00 Å². The molecule has 2 rings (SSSR count). The van der Waals surface area contributed by atoms with Crippen molar-refractivity contribution in [2.75, 3.05) is 13.7 Å².